The van der Waals surface area contributed by atoms with Crippen LogP contribution in [0.3, 0.4) is 0 Å². The van der Waals surface area contributed by atoms with Gasteiger partial charge in [0.15, 0.2) is 0 Å². The van der Waals surface area contributed by atoms with Crippen LogP contribution in [0.2, 0.25) is 0 Å². The normalized spacial score (nSPS) is 15.8. The zero-order chi connectivity index (χ0) is 19.7. The highest BCUT2D eigenvalue weighted by molar-refractivity contribution is 5.96. The maximum atomic E-state index is 13.1. The molecule has 2 aromatic rings. The number of nitrogens with zero attached hydrogens (tertiary/aromatic N) is 2. The second-order valence-electron chi connectivity index (χ2n) is 7.42. The number of anilines is 1. The lowest BCUT2D eigenvalue weighted by Crippen LogP contribution is -2.32. The van der Waals surface area contributed by atoms with E-state index in [1.54, 1.807) is 19.2 Å². The lowest BCUT2D eigenvalue weighted by atomic mass is 10.1. The van der Waals surface area contributed by atoms with Crippen LogP contribution in [0.4, 0.5) is 11.4 Å². The lowest BCUT2D eigenvalue weighted by molar-refractivity contribution is -0.384. The molecule has 0 heterocycles. The van der Waals surface area contributed by atoms with Crippen LogP contribution < -0.4 is 10.1 Å². The van der Waals surface area contributed by atoms with Crippen molar-refractivity contribution in [2.24, 2.45) is 0 Å². The van der Waals surface area contributed by atoms with Gasteiger partial charge < -0.3 is 15.0 Å². The van der Waals surface area contributed by atoms with Crippen molar-refractivity contribution in [1.29, 1.82) is 0 Å². The summed E-state index contributed by atoms with van der Waals surface area (Å²) in [4.78, 5) is 26.0. The number of nitro groups is 1. The lowest BCUT2D eigenvalue weighted by Gasteiger charge is -2.23. The molecule has 0 bridgehead atoms. The Balaban J connectivity index is 1.56. The largest absolute Gasteiger partial charge is 0.497 e. The summed E-state index contributed by atoms with van der Waals surface area (Å²) in [7, 11) is 1.61. The van der Waals surface area contributed by atoms with Crippen LogP contribution in [-0.4, -0.2) is 34.9 Å². The van der Waals surface area contributed by atoms with E-state index in [9.17, 15) is 14.9 Å². The summed E-state index contributed by atoms with van der Waals surface area (Å²) >= 11 is 0. The molecule has 0 atom stereocenters. The molecule has 7 nitrogen and oxygen atoms in total. The summed E-state index contributed by atoms with van der Waals surface area (Å²) < 4.78 is 5.18. The fourth-order valence-corrected chi connectivity index (χ4v) is 3.23. The van der Waals surface area contributed by atoms with Gasteiger partial charge in [0.25, 0.3) is 11.6 Å². The molecule has 0 saturated heterocycles. The third kappa shape index (κ3) is 4.08. The number of methoxy groups -OCH3 is 1. The van der Waals surface area contributed by atoms with Crippen molar-refractivity contribution in [2.45, 2.75) is 44.3 Å². The smallest absolute Gasteiger partial charge is 0.293 e. The molecule has 2 fully saturated rings. The first-order valence-electron chi connectivity index (χ1n) is 9.54. The molecular formula is C21H23N3O4. The van der Waals surface area contributed by atoms with Crippen molar-refractivity contribution in [3.8, 4) is 5.75 Å². The standard InChI is InChI=1S/C21H23N3O4/c1-28-18-9-2-14(3-10-18)13-23(17-7-8-17)21(25)15-4-11-19(22-16-5-6-16)20(12-15)24(26)27/h2-4,9-12,16-17,22H,5-8,13H2,1H3. The molecule has 7 heteroatoms. The van der Waals surface area contributed by atoms with Crippen molar-refractivity contribution in [1.82, 2.24) is 4.90 Å². The van der Waals surface area contributed by atoms with Gasteiger partial charge in [0, 0.05) is 30.3 Å². The summed E-state index contributed by atoms with van der Waals surface area (Å²) in [5, 5.41) is 14.7. The van der Waals surface area contributed by atoms with Gasteiger partial charge in [-0.05, 0) is 55.5 Å². The van der Waals surface area contributed by atoms with E-state index in [1.807, 2.05) is 29.2 Å². The Hall–Kier alpha value is -3.09. The Kier molecular flexibility index (Phi) is 4.90. The minimum Gasteiger partial charge on any atom is -0.497 e. The van der Waals surface area contributed by atoms with E-state index in [2.05, 4.69) is 5.32 Å². The summed E-state index contributed by atoms with van der Waals surface area (Å²) in [6.07, 6.45) is 3.97. The molecule has 1 N–H and O–H groups in total. The summed E-state index contributed by atoms with van der Waals surface area (Å²) in [5.41, 5.74) is 1.80. The predicted molar refractivity (Wildman–Crippen MR) is 106 cm³/mol. The number of carbonyl (C=O) groups excluding carboxylic acids is 1. The Morgan fingerprint density at radius 3 is 2.46 bits per heavy atom. The van der Waals surface area contributed by atoms with Crippen LogP contribution in [0, 0.1) is 10.1 Å². The molecule has 0 unspecified atom stereocenters. The molecule has 0 spiro atoms. The van der Waals surface area contributed by atoms with Crippen LogP contribution in [0.15, 0.2) is 42.5 Å². The molecular weight excluding hydrogens is 358 g/mol. The Labute approximate surface area is 163 Å². The number of nitro benzene ring substituents is 1. The molecule has 1 amide bonds. The van der Waals surface area contributed by atoms with Crippen LogP contribution in [0.5, 0.6) is 5.75 Å². The second-order valence-corrected chi connectivity index (χ2v) is 7.42. The van der Waals surface area contributed by atoms with Crippen LogP contribution >= 0.6 is 0 Å². The van der Waals surface area contributed by atoms with Gasteiger partial charge in [0.2, 0.25) is 0 Å². The zero-order valence-electron chi connectivity index (χ0n) is 15.8. The topological polar surface area (TPSA) is 84.7 Å². The molecule has 0 aromatic heterocycles. The zero-order valence-corrected chi connectivity index (χ0v) is 15.8. The Morgan fingerprint density at radius 1 is 1.18 bits per heavy atom. The van der Waals surface area contributed by atoms with Crippen molar-refractivity contribution in [3.05, 3.63) is 63.7 Å². The summed E-state index contributed by atoms with van der Waals surface area (Å²) in [5.74, 6) is 0.599. The first-order valence-corrected chi connectivity index (χ1v) is 9.54. The molecule has 2 saturated carbocycles. The third-order valence-corrected chi connectivity index (χ3v) is 5.14. The minimum absolute atomic E-state index is 0.0436. The first kappa shape index (κ1) is 18.3. The number of benzene rings is 2. The predicted octanol–water partition coefficient (Wildman–Crippen LogP) is 3.98. The Bertz CT molecular complexity index is 889. The molecule has 2 aliphatic carbocycles. The average Bonchev–Trinajstić information content (AvgIpc) is 3.61. The molecule has 0 radical (unpaired) electrons. The second kappa shape index (κ2) is 7.50. The van der Waals surface area contributed by atoms with E-state index in [4.69, 9.17) is 4.74 Å². The molecule has 28 heavy (non-hydrogen) atoms. The fourth-order valence-electron chi connectivity index (χ4n) is 3.23. The monoisotopic (exact) mass is 381 g/mol. The number of carbonyl (C=O) groups is 1. The van der Waals surface area contributed by atoms with Crippen molar-refractivity contribution >= 4 is 17.3 Å². The van der Waals surface area contributed by atoms with E-state index in [1.165, 1.54) is 6.07 Å². The number of hydrogen-bond acceptors (Lipinski definition) is 5. The highest BCUT2D eigenvalue weighted by Crippen LogP contribution is 2.34. The van der Waals surface area contributed by atoms with Gasteiger partial charge in [-0.3, -0.25) is 14.9 Å². The number of nitrogens with one attached hydrogen (secondary N) is 1. The van der Waals surface area contributed by atoms with Crippen molar-refractivity contribution in [3.63, 3.8) is 0 Å². The number of ether oxygens (including phenoxy) is 1. The van der Waals surface area contributed by atoms with Gasteiger partial charge in [-0.25, -0.2) is 0 Å². The van der Waals surface area contributed by atoms with Crippen LogP contribution in [0.25, 0.3) is 0 Å². The third-order valence-electron chi connectivity index (χ3n) is 5.14. The van der Waals surface area contributed by atoms with Gasteiger partial charge in [0.1, 0.15) is 11.4 Å². The van der Waals surface area contributed by atoms with E-state index < -0.39 is 4.92 Å². The highest BCUT2D eigenvalue weighted by Gasteiger charge is 2.34. The quantitative estimate of drug-likeness (QED) is 0.552. The van der Waals surface area contributed by atoms with Gasteiger partial charge in [-0.2, -0.15) is 0 Å². The summed E-state index contributed by atoms with van der Waals surface area (Å²) in [6.45, 7) is 0.476. The number of rotatable bonds is 8. The molecule has 4 rings (SSSR count). The Morgan fingerprint density at radius 2 is 1.89 bits per heavy atom. The first-order chi connectivity index (χ1) is 13.5. The molecule has 2 aromatic carbocycles. The van der Waals surface area contributed by atoms with Gasteiger partial charge >= 0.3 is 0 Å². The average molecular weight is 381 g/mol. The molecule has 146 valence electrons. The summed E-state index contributed by atoms with van der Waals surface area (Å²) in [6, 6.07) is 12.8. The number of hydrogen-bond donors (Lipinski definition) is 1. The molecule has 0 aliphatic heterocycles. The van der Waals surface area contributed by atoms with Crippen LogP contribution in [0.1, 0.15) is 41.6 Å². The highest BCUT2D eigenvalue weighted by atomic mass is 16.6. The van der Waals surface area contributed by atoms with Crippen molar-refractivity contribution < 1.29 is 14.5 Å². The SMILES string of the molecule is COc1ccc(CN(C(=O)c2ccc(NC3CC3)c([N+](=O)[O-])c2)C2CC2)cc1. The number of amides is 1. The van der Waals surface area contributed by atoms with E-state index in [-0.39, 0.29) is 17.6 Å². The maximum absolute atomic E-state index is 13.1. The van der Waals surface area contributed by atoms with Crippen molar-refractivity contribution in [2.75, 3.05) is 12.4 Å². The van der Waals surface area contributed by atoms with Crippen LogP contribution in [-0.2, 0) is 6.54 Å². The van der Waals surface area contributed by atoms with E-state index >= 15 is 0 Å². The van der Waals surface area contributed by atoms with Gasteiger partial charge in [0.05, 0.1) is 12.0 Å². The molecule has 2 aliphatic rings. The minimum atomic E-state index is -0.424. The van der Waals surface area contributed by atoms with E-state index in [0.29, 0.717) is 23.8 Å². The van der Waals surface area contributed by atoms with Gasteiger partial charge in [-0.15, -0.1) is 0 Å². The van der Waals surface area contributed by atoms with E-state index in [0.717, 1.165) is 37.0 Å². The van der Waals surface area contributed by atoms with Gasteiger partial charge in [-0.1, -0.05) is 12.1 Å². The fraction of sp³-hybridized carbons (Fsp3) is 0.381. The maximum Gasteiger partial charge on any atom is 0.293 e.